The highest BCUT2D eigenvalue weighted by Gasteiger charge is 2.04. The van der Waals surface area contributed by atoms with Gasteiger partial charge in [-0.15, -0.1) is 0 Å². The van der Waals surface area contributed by atoms with Crippen LogP contribution in [-0.4, -0.2) is 36.0 Å². The minimum Gasteiger partial charge on any atom is -0.482 e. The second-order valence-corrected chi connectivity index (χ2v) is 4.69. The maximum Gasteiger partial charge on any atom is 0.257 e. The predicted octanol–water partition coefficient (Wildman–Crippen LogP) is 0.437. The maximum absolute atomic E-state index is 11.6. The molecule has 0 radical (unpaired) electrons. The molecular formula is C14H23N5O2. The first kappa shape index (κ1) is 16.9. The highest BCUT2D eigenvalue weighted by atomic mass is 16.5. The summed E-state index contributed by atoms with van der Waals surface area (Å²) in [7, 11) is 0. The SMILES string of the molecule is CC(=N)n1cc(OCC(=O)NCCCCCN)ccc1=N. The van der Waals surface area contributed by atoms with Gasteiger partial charge in [-0.1, -0.05) is 6.42 Å². The van der Waals surface area contributed by atoms with Crippen molar-refractivity contribution >= 4 is 11.7 Å². The lowest BCUT2D eigenvalue weighted by Crippen LogP contribution is -2.30. The topological polar surface area (TPSA) is 117 Å². The Kier molecular flexibility index (Phi) is 7.17. The number of ether oxygens (including phenoxy) is 1. The van der Waals surface area contributed by atoms with Crippen LogP contribution in [-0.2, 0) is 4.79 Å². The number of unbranched alkanes of at least 4 members (excludes halogenated alkanes) is 2. The predicted molar refractivity (Wildman–Crippen MR) is 80.5 cm³/mol. The second-order valence-electron chi connectivity index (χ2n) is 4.69. The first-order chi connectivity index (χ1) is 10.0. The van der Waals surface area contributed by atoms with Crippen LogP contribution in [0.15, 0.2) is 18.3 Å². The van der Waals surface area contributed by atoms with Gasteiger partial charge in [0.2, 0.25) is 0 Å². The van der Waals surface area contributed by atoms with Crippen molar-refractivity contribution in [2.24, 2.45) is 5.73 Å². The van der Waals surface area contributed by atoms with E-state index in [0.717, 1.165) is 19.3 Å². The lowest BCUT2D eigenvalue weighted by Gasteiger charge is -2.10. The van der Waals surface area contributed by atoms with Crippen molar-refractivity contribution in [3.63, 3.8) is 0 Å². The molecule has 0 aromatic carbocycles. The number of carbonyl (C=O) groups is 1. The summed E-state index contributed by atoms with van der Waals surface area (Å²) in [4.78, 5) is 11.6. The number of amides is 1. The third kappa shape index (κ3) is 6.22. The molecule has 1 aromatic rings. The Hall–Kier alpha value is -2.15. The molecule has 0 aliphatic heterocycles. The highest BCUT2D eigenvalue weighted by Crippen LogP contribution is 2.06. The Morgan fingerprint density at radius 2 is 2.14 bits per heavy atom. The molecule has 1 amide bonds. The molecule has 0 spiro atoms. The molecule has 0 unspecified atom stereocenters. The summed E-state index contributed by atoms with van der Waals surface area (Å²) < 4.78 is 6.73. The van der Waals surface area contributed by atoms with Crippen molar-refractivity contribution in [2.75, 3.05) is 19.7 Å². The van der Waals surface area contributed by atoms with Crippen LogP contribution in [0.5, 0.6) is 5.75 Å². The molecule has 5 N–H and O–H groups in total. The van der Waals surface area contributed by atoms with Gasteiger partial charge in [-0.05, 0) is 38.4 Å². The van der Waals surface area contributed by atoms with E-state index >= 15 is 0 Å². The Morgan fingerprint density at radius 3 is 2.81 bits per heavy atom. The van der Waals surface area contributed by atoms with Gasteiger partial charge < -0.3 is 15.8 Å². The summed E-state index contributed by atoms with van der Waals surface area (Å²) in [6, 6.07) is 3.13. The number of aromatic nitrogens is 1. The number of pyridine rings is 1. The summed E-state index contributed by atoms with van der Waals surface area (Å²) in [5.41, 5.74) is 5.58. The van der Waals surface area contributed by atoms with Crippen molar-refractivity contribution in [2.45, 2.75) is 26.2 Å². The van der Waals surface area contributed by atoms with Crippen LogP contribution >= 0.6 is 0 Å². The van der Waals surface area contributed by atoms with Gasteiger partial charge in [0.15, 0.2) is 6.61 Å². The average molecular weight is 293 g/mol. The summed E-state index contributed by atoms with van der Waals surface area (Å²) in [6.45, 7) is 2.80. The zero-order valence-electron chi connectivity index (χ0n) is 12.3. The minimum atomic E-state index is -0.184. The molecule has 1 rings (SSSR count). The first-order valence-corrected chi connectivity index (χ1v) is 6.97. The number of nitrogens with one attached hydrogen (secondary N) is 3. The zero-order chi connectivity index (χ0) is 15.7. The third-order valence-corrected chi connectivity index (χ3v) is 2.86. The molecule has 7 nitrogen and oxygen atoms in total. The van der Waals surface area contributed by atoms with Crippen LogP contribution in [0.2, 0.25) is 0 Å². The molecule has 7 heteroatoms. The van der Waals surface area contributed by atoms with E-state index in [1.807, 2.05) is 0 Å². The largest absolute Gasteiger partial charge is 0.482 e. The number of nitrogens with zero attached hydrogens (tertiary/aromatic N) is 1. The zero-order valence-corrected chi connectivity index (χ0v) is 12.3. The van der Waals surface area contributed by atoms with Crippen LogP contribution in [0.3, 0.4) is 0 Å². The normalized spacial score (nSPS) is 10.2. The fourth-order valence-electron chi connectivity index (χ4n) is 1.72. The molecule has 1 heterocycles. The van der Waals surface area contributed by atoms with Crippen molar-refractivity contribution in [1.29, 1.82) is 10.8 Å². The molecule has 21 heavy (non-hydrogen) atoms. The van der Waals surface area contributed by atoms with Crippen molar-refractivity contribution in [1.82, 2.24) is 9.88 Å². The monoisotopic (exact) mass is 293 g/mol. The summed E-state index contributed by atoms with van der Waals surface area (Å²) >= 11 is 0. The van der Waals surface area contributed by atoms with Gasteiger partial charge in [0.25, 0.3) is 5.91 Å². The molecule has 0 atom stereocenters. The van der Waals surface area contributed by atoms with Crippen LogP contribution in [0.4, 0.5) is 0 Å². The Morgan fingerprint density at radius 1 is 1.38 bits per heavy atom. The van der Waals surface area contributed by atoms with Crippen LogP contribution in [0, 0.1) is 10.8 Å². The van der Waals surface area contributed by atoms with Crippen LogP contribution in [0.25, 0.3) is 0 Å². The first-order valence-electron chi connectivity index (χ1n) is 6.97. The Bertz CT molecular complexity index is 538. The van der Waals surface area contributed by atoms with E-state index in [9.17, 15) is 4.79 Å². The minimum absolute atomic E-state index is 0.0781. The van der Waals surface area contributed by atoms with Gasteiger partial charge in [-0.3, -0.25) is 20.2 Å². The summed E-state index contributed by atoms with van der Waals surface area (Å²) in [5.74, 6) is 0.488. The van der Waals surface area contributed by atoms with Crippen LogP contribution < -0.4 is 21.3 Å². The van der Waals surface area contributed by atoms with Gasteiger partial charge in [0.1, 0.15) is 17.1 Å². The molecule has 0 aliphatic carbocycles. The Balaban J connectivity index is 2.38. The van der Waals surface area contributed by atoms with Gasteiger partial charge in [-0.2, -0.15) is 0 Å². The molecule has 1 aromatic heterocycles. The Labute approximate surface area is 124 Å². The lowest BCUT2D eigenvalue weighted by atomic mass is 10.2. The van der Waals surface area contributed by atoms with Crippen molar-refractivity contribution in [3.8, 4) is 5.75 Å². The second kappa shape index (κ2) is 8.91. The van der Waals surface area contributed by atoms with Gasteiger partial charge in [0, 0.05) is 6.54 Å². The number of rotatable bonds is 8. The van der Waals surface area contributed by atoms with E-state index < -0.39 is 0 Å². The van der Waals surface area contributed by atoms with E-state index in [2.05, 4.69) is 5.32 Å². The quantitative estimate of drug-likeness (QED) is 0.316. The number of nitrogens with two attached hydrogens (primary N) is 1. The summed E-state index contributed by atoms with van der Waals surface area (Å²) in [6.07, 6.45) is 4.40. The highest BCUT2D eigenvalue weighted by molar-refractivity contribution is 5.79. The van der Waals surface area contributed by atoms with Crippen molar-refractivity contribution < 1.29 is 9.53 Å². The van der Waals surface area contributed by atoms with Gasteiger partial charge >= 0.3 is 0 Å². The smallest absolute Gasteiger partial charge is 0.257 e. The van der Waals surface area contributed by atoms with E-state index in [4.69, 9.17) is 21.3 Å². The number of hydrogen-bond donors (Lipinski definition) is 4. The average Bonchev–Trinajstić information content (AvgIpc) is 2.46. The van der Waals surface area contributed by atoms with Crippen LogP contribution in [0.1, 0.15) is 26.2 Å². The standard InChI is InChI=1S/C14H23N5O2/c1-11(16)19-9-12(5-6-13(19)17)21-10-14(20)18-8-4-2-3-7-15/h5-6,9,16-17H,2-4,7-8,10,15H2,1H3,(H,18,20). The number of hydrogen-bond acceptors (Lipinski definition) is 5. The van der Waals surface area contributed by atoms with E-state index in [1.54, 1.807) is 13.0 Å². The van der Waals surface area contributed by atoms with E-state index in [1.165, 1.54) is 16.8 Å². The number of carbonyl (C=O) groups excluding carboxylic acids is 1. The van der Waals surface area contributed by atoms with Gasteiger partial charge in [0.05, 0.1) is 6.20 Å². The molecular weight excluding hydrogens is 270 g/mol. The van der Waals surface area contributed by atoms with Gasteiger partial charge in [-0.25, -0.2) is 0 Å². The van der Waals surface area contributed by atoms with Crippen molar-refractivity contribution in [3.05, 3.63) is 23.8 Å². The molecule has 0 saturated carbocycles. The fraction of sp³-hybridized carbons (Fsp3) is 0.500. The molecule has 0 bridgehead atoms. The third-order valence-electron chi connectivity index (χ3n) is 2.86. The maximum atomic E-state index is 11.6. The molecule has 0 aliphatic rings. The molecule has 0 saturated heterocycles. The lowest BCUT2D eigenvalue weighted by molar-refractivity contribution is -0.123. The fourth-order valence-corrected chi connectivity index (χ4v) is 1.72. The van der Waals surface area contributed by atoms with E-state index in [-0.39, 0.29) is 23.8 Å². The van der Waals surface area contributed by atoms with E-state index in [0.29, 0.717) is 18.8 Å². The summed E-state index contributed by atoms with van der Waals surface area (Å²) in [5, 5.41) is 17.9. The molecule has 0 fully saturated rings. The molecule has 116 valence electrons.